The second-order valence-corrected chi connectivity index (χ2v) is 6.26. The highest BCUT2D eigenvalue weighted by atomic mass is 32.2. The first-order valence-corrected chi connectivity index (χ1v) is 7.61. The van der Waals surface area contributed by atoms with Gasteiger partial charge < -0.3 is 10.4 Å². The molecule has 0 spiro atoms. The third kappa shape index (κ3) is 3.56. The Morgan fingerprint density at radius 3 is 2.76 bits per heavy atom. The molecule has 1 aliphatic rings. The smallest absolute Gasteiger partial charge is 0.304 e. The van der Waals surface area contributed by atoms with E-state index in [1.807, 2.05) is 4.72 Å². The van der Waals surface area contributed by atoms with Gasteiger partial charge in [0.1, 0.15) is 10.7 Å². The lowest BCUT2D eigenvalue weighted by atomic mass is 10.0. The third-order valence-electron chi connectivity index (χ3n) is 2.97. The molecule has 2 rings (SSSR count). The first-order valence-electron chi connectivity index (χ1n) is 6.13. The third-order valence-corrected chi connectivity index (χ3v) is 4.45. The number of hydrogen-bond donors (Lipinski definition) is 3. The maximum atomic E-state index is 13.9. The molecule has 0 saturated heterocycles. The van der Waals surface area contributed by atoms with E-state index >= 15 is 0 Å². The number of carbonyl (C=O) groups is 2. The Morgan fingerprint density at radius 1 is 1.38 bits per heavy atom. The Balaban J connectivity index is 2.27. The van der Waals surface area contributed by atoms with Crippen LogP contribution in [0.3, 0.4) is 0 Å². The van der Waals surface area contributed by atoms with Crippen LogP contribution in [-0.4, -0.2) is 31.9 Å². The number of aryl methyl sites for hydroxylation is 1. The van der Waals surface area contributed by atoms with E-state index in [2.05, 4.69) is 5.32 Å². The van der Waals surface area contributed by atoms with Crippen molar-refractivity contribution in [1.82, 2.24) is 4.72 Å². The molecule has 1 aromatic rings. The van der Waals surface area contributed by atoms with Crippen molar-refractivity contribution in [3.05, 3.63) is 23.5 Å². The molecule has 0 unspecified atom stereocenters. The number of carboxylic acids is 1. The zero-order valence-electron chi connectivity index (χ0n) is 10.8. The van der Waals surface area contributed by atoms with E-state index in [-0.39, 0.29) is 24.6 Å². The summed E-state index contributed by atoms with van der Waals surface area (Å²) in [6.07, 6.45) is 0.117. The molecule has 9 heteroatoms. The quantitative estimate of drug-likeness (QED) is 0.730. The molecular weight excluding hydrogens is 303 g/mol. The molecular formula is C12H13FN2O5S. The van der Waals surface area contributed by atoms with Crippen LogP contribution in [0.4, 0.5) is 10.1 Å². The number of aliphatic carboxylic acids is 1. The molecule has 3 N–H and O–H groups in total. The Bertz CT molecular complexity index is 702. The van der Waals surface area contributed by atoms with E-state index in [9.17, 15) is 22.4 Å². The van der Waals surface area contributed by atoms with Gasteiger partial charge in [0.05, 0.1) is 6.42 Å². The summed E-state index contributed by atoms with van der Waals surface area (Å²) in [5.74, 6) is -2.41. The van der Waals surface area contributed by atoms with Gasteiger partial charge >= 0.3 is 5.97 Å². The van der Waals surface area contributed by atoms with Crippen molar-refractivity contribution in [3.8, 4) is 0 Å². The lowest BCUT2D eigenvalue weighted by molar-refractivity contribution is -0.136. The normalized spacial score (nSPS) is 14.4. The number of fused-ring (bicyclic) bond motifs is 1. The van der Waals surface area contributed by atoms with Crippen molar-refractivity contribution < 1.29 is 27.5 Å². The number of carbonyl (C=O) groups excluding carboxylic acids is 1. The van der Waals surface area contributed by atoms with Gasteiger partial charge in [-0.05, 0) is 24.1 Å². The Labute approximate surface area is 120 Å². The maximum absolute atomic E-state index is 13.9. The Morgan fingerprint density at radius 2 is 2.10 bits per heavy atom. The molecule has 0 bridgehead atoms. The van der Waals surface area contributed by atoms with Gasteiger partial charge in [-0.25, -0.2) is 17.5 Å². The molecule has 0 atom stereocenters. The summed E-state index contributed by atoms with van der Waals surface area (Å²) in [7, 11) is -4.13. The topological polar surface area (TPSA) is 113 Å². The summed E-state index contributed by atoms with van der Waals surface area (Å²) >= 11 is 0. The van der Waals surface area contributed by atoms with E-state index in [1.165, 1.54) is 0 Å². The van der Waals surface area contributed by atoms with Crippen molar-refractivity contribution in [2.24, 2.45) is 0 Å². The molecule has 1 amide bonds. The maximum Gasteiger partial charge on any atom is 0.304 e. The number of carboxylic acid groups (broad SMARTS) is 1. The summed E-state index contributed by atoms with van der Waals surface area (Å²) in [5, 5.41) is 10.9. The number of sulfonamides is 1. The summed E-state index contributed by atoms with van der Waals surface area (Å²) < 4.78 is 39.8. The highest BCUT2D eigenvalue weighted by molar-refractivity contribution is 7.89. The molecule has 0 saturated carbocycles. The van der Waals surface area contributed by atoms with Gasteiger partial charge in [-0.3, -0.25) is 9.59 Å². The minimum absolute atomic E-state index is 0.199. The first kappa shape index (κ1) is 15.4. The largest absolute Gasteiger partial charge is 0.481 e. The second-order valence-electron chi connectivity index (χ2n) is 4.53. The van der Waals surface area contributed by atoms with E-state index in [0.29, 0.717) is 12.0 Å². The number of amides is 1. The molecule has 0 radical (unpaired) electrons. The minimum Gasteiger partial charge on any atom is -0.481 e. The van der Waals surface area contributed by atoms with Crippen LogP contribution in [0, 0.1) is 5.82 Å². The number of anilines is 1. The minimum atomic E-state index is -4.13. The van der Waals surface area contributed by atoms with Crippen molar-refractivity contribution >= 4 is 27.6 Å². The summed E-state index contributed by atoms with van der Waals surface area (Å²) in [6, 6.07) is 2.12. The van der Waals surface area contributed by atoms with Gasteiger partial charge in [-0.2, -0.15) is 0 Å². The van der Waals surface area contributed by atoms with Crippen molar-refractivity contribution in [2.45, 2.75) is 24.2 Å². The lowest BCUT2D eigenvalue weighted by Gasteiger charge is -2.18. The van der Waals surface area contributed by atoms with Crippen LogP contribution in [0.25, 0.3) is 0 Å². The summed E-state index contributed by atoms with van der Waals surface area (Å²) in [6.45, 7) is -0.328. The summed E-state index contributed by atoms with van der Waals surface area (Å²) in [5.41, 5.74) is 0.780. The molecule has 7 nitrogen and oxygen atoms in total. The molecule has 114 valence electrons. The van der Waals surface area contributed by atoms with Crippen molar-refractivity contribution in [3.63, 3.8) is 0 Å². The molecule has 0 aromatic heterocycles. The van der Waals surface area contributed by atoms with E-state index in [1.54, 1.807) is 0 Å². The molecule has 21 heavy (non-hydrogen) atoms. The predicted molar refractivity (Wildman–Crippen MR) is 70.8 cm³/mol. The highest BCUT2D eigenvalue weighted by Crippen LogP contribution is 2.27. The van der Waals surface area contributed by atoms with Crippen LogP contribution in [0.5, 0.6) is 0 Å². The van der Waals surface area contributed by atoms with E-state index < -0.39 is 33.1 Å². The zero-order valence-corrected chi connectivity index (χ0v) is 11.7. The average molecular weight is 316 g/mol. The van der Waals surface area contributed by atoms with Crippen molar-refractivity contribution in [2.75, 3.05) is 11.9 Å². The van der Waals surface area contributed by atoms with Gasteiger partial charge in [-0.1, -0.05) is 0 Å². The average Bonchev–Trinajstić information content (AvgIpc) is 2.36. The Hall–Kier alpha value is -2.00. The first-order chi connectivity index (χ1) is 9.79. The molecule has 1 aliphatic heterocycles. The number of halogens is 1. The van der Waals surface area contributed by atoms with Crippen LogP contribution in [0.1, 0.15) is 18.4 Å². The van der Waals surface area contributed by atoms with Gasteiger partial charge in [0.2, 0.25) is 15.9 Å². The molecule has 0 fully saturated rings. The fraction of sp³-hybridized carbons (Fsp3) is 0.333. The summed E-state index contributed by atoms with van der Waals surface area (Å²) in [4.78, 5) is 21.0. The highest BCUT2D eigenvalue weighted by Gasteiger charge is 2.24. The van der Waals surface area contributed by atoms with Gasteiger partial charge in [0.15, 0.2) is 0 Å². The van der Waals surface area contributed by atoms with Crippen LogP contribution in [-0.2, 0) is 26.0 Å². The molecule has 1 aromatic carbocycles. The second kappa shape index (κ2) is 5.78. The van der Waals surface area contributed by atoms with E-state index in [4.69, 9.17) is 5.11 Å². The van der Waals surface area contributed by atoms with Crippen molar-refractivity contribution in [1.29, 1.82) is 0 Å². The fourth-order valence-electron chi connectivity index (χ4n) is 1.96. The number of nitrogens with one attached hydrogen (secondary N) is 2. The van der Waals surface area contributed by atoms with Gasteiger partial charge in [0.25, 0.3) is 0 Å². The monoisotopic (exact) mass is 316 g/mol. The van der Waals surface area contributed by atoms with Crippen LogP contribution in [0.15, 0.2) is 17.0 Å². The SMILES string of the molecule is O=C(O)CCNS(=O)(=O)c1cc2c(cc1F)NC(=O)CC2. The molecule has 0 aliphatic carbocycles. The standard InChI is InChI=1S/C12H13FN2O5S/c13-8-6-9-7(1-2-11(16)15-9)5-10(8)21(19,20)14-4-3-12(17)18/h5-6,14H,1-4H2,(H,15,16)(H,17,18). The number of hydrogen-bond acceptors (Lipinski definition) is 4. The van der Waals surface area contributed by atoms with Crippen LogP contribution in [0.2, 0.25) is 0 Å². The molecule has 1 heterocycles. The lowest BCUT2D eigenvalue weighted by Crippen LogP contribution is -2.28. The fourth-order valence-corrected chi connectivity index (χ4v) is 3.09. The number of rotatable bonds is 5. The Kier molecular flexibility index (Phi) is 4.24. The number of benzene rings is 1. The zero-order chi connectivity index (χ0) is 15.6. The van der Waals surface area contributed by atoms with Crippen LogP contribution < -0.4 is 10.0 Å². The predicted octanol–water partition coefficient (Wildman–Crippen LogP) is 0.463. The van der Waals surface area contributed by atoms with E-state index in [0.717, 1.165) is 12.1 Å². The van der Waals surface area contributed by atoms with Gasteiger partial charge in [0, 0.05) is 18.7 Å². The van der Waals surface area contributed by atoms with Gasteiger partial charge in [-0.15, -0.1) is 0 Å². The van der Waals surface area contributed by atoms with Crippen LogP contribution >= 0.6 is 0 Å².